The largest absolute Gasteiger partial charge is 0.415 e. The van der Waals surface area contributed by atoms with Gasteiger partial charge in [-0.05, 0) is 19.1 Å². The second-order valence-electron chi connectivity index (χ2n) is 5.43. The number of hydrogen-bond acceptors (Lipinski definition) is 3. The molecule has 1 saturated heterocycles. The van der Waals surface area contributed by atoms with Gasteiger partial charge < -0.3 is 9.64 Å². The van der Waals surface area contributed by atoms with E-state index in [1.54, 1.807) is 9.80 Å². The van der Waals surface area contributed by atoms with Crippen LogP contribution in [-0.2, 0) is 9.53 Å². The van der Waals surface area contributed by atoms with Crippen LogP contribution in [0.4, 0.5) is 18.9 Å². The third-order valence-corrected chi connectivity index (χ3v) is 3.84. The summed E-state index contributed by atoms with van der Waals surface area (Å²) in [6.45, 7) is 2.94. The van der Waals surface area contributed by atoms with E-state index in [4.69, 9.17) is 4.74 Å². The van der Waals surface area contributed by atoms with Crippen molar-refractivity contribution in [3.05, 3.63) is 30.3 Å². The van der Waals surface area contributed by atoms with Gasteiger partial charge in [0.05, 0.1) is 6.61 Å². The van der Waals surface area contributed by atoms with Gasteiger partial charge in [0.2, 0.25) is 5.91 Å². The van der Waals surface area contributed by atoms with Crippen LogP contribution in [0.15, 0.2) is 30.3 Å². The van der Waals surface area contributed by atoms with Crippen molar-refractivity contribution in [3.63, 3.8) is 0 Å². The van der Waals surface area contributed by atoms with E-state index in [2.05, 4.69) is 0 Å². The molecule has 1 aliphatic rings. The van der Waals surface area contributed by atoms with E-state index in [0.29, 0.717) is 19.6 Å². The number of carbonyl (C=O) groups is 1. The first-order chi connectivity index (χ1) is 10.9. The molecule has 1 atom stereocenters. The van der Waals surface area contributed by atoms with Gasteiger partial charge in [0.15, 0.2) is 6.10 Å². The highest BCUT2D eigenvalue weighted by atomic mass is 19.4. The Balaban J connectivity index is 1.88. The highest BCUT2D eigenvalue weighted by Crippen LogP contribution is 2.25. The van der Waals surface area contributed by atoms with Crippen molar-refractivity contribution in [2.45, 2.75) is 25.6 Å². The number of nitrogens with zero attached hydrogens (tertiary/aromatic N) is 2. The van der Waals surface area contributed by atoms with Crippen LogP contribution < -0.4 is 4.90 Å². The van der Waals surface area contributed by atoms with Gasteiger partial charge in [-0.1, -0.05) is 18.2 Å². The number of ether oxygens (including phenoxy) is 1. The van der Waals surface area contributed by atoms with Crippen LogP contribution in [0.5, 0.6) is 0 Å². The third-order valence-electron chi connectivity index (χ3n) is 3.84. The number of hydrogen-bond donors (Lipinski definition) is 0. The molecule has 0 N–H and O–H groups in total. The van der Waals surface area contributed by atoms with Crippen LogP contribution >= 0.6 is 0 Å². The molecule has 0 bridgehead atoms. The number of halogens is 3. The van der Waals surface area contributed by atoms with Crippen molar-refractivity contribution in [1.82, 2.24) is 4.90 Å². The van der Waals surface area contributed by atoms with Gasteiger partial charge in [-0.25, -0.2) is 0 Å². The Morgan fingerprint density at radius 1 is 1.35 bits per heavy atom. The van der Waals surface area contributed by atoms with Crippen molar-refractivity contribution >= 4 is 11.6 Å². The zero-order valence-electron chi connectivity index (χ0n) is 13.1. The topological polar surface area (TPSA) is 32.8 Å². The first-order valence-electron chi connectivity index (χ1n) is 7.68. The second kappa shape index (κ2) is 7.79. The first kappa shape index (κ1) is 17.7. The molecule has 4 nitrogen and oxygen atoms in total. The van der Waals surface area contributed by atoms with Gasteiger partial charge in [-0.3, -0.25) is 9.69 Å². The maximum absolute atomic E-state index is 12.7. The predicted molar refractivity (Wildman–Crippen MR) is 81.3 cm³/mol. The zero-order valence-corrected chi connectivity index (χ0v) is 13.1. The summed E-state index contributed by atoms with van der Waals surface area (Å²) < 4.78 is 42.8. The molecular weight excluding hydrogens is 309 g/mol. The quantitative estimate of drug-likeness (QED) is 0.832. The number of para-hydroxylation sites is 1. The van der Waals surface area contributed by atoms with Crippen LogP contribution in [-0.4, -0.2) is 55.9 Å². The first-order valence-corrected chi connectivity index (χ1v) is 7.68. The van der Waals surface area contributed by atoms with Crippen molar-refractivity contribution in [2.24, 2.45) is 0 Å². The van der Waals surface area contributed by atoms with E-state index in [1.165, 1.54) is 0 Å². The molecule has 0 aromatic heterocycles. The fraction of sp³-hybridized carbons (Fsp3) is 0.562. The third kappa shape index (κ3) is 4.94. The highest BCUT2D eigenvalue weighted by molar-refractivity contribution is 5.93. The SMILES string of the molecule is CCN(C(=O)CCN1CCOC(C(F)(F)F)C1)c1ccccc1. The summed E-state index contributed by atoms with van der Waals surface area (Å²) in [5, 5.41) is 0. The van der Waals surface area contributed by atoms with Crippen LogP contribution in [0.1, 0.15) is 13.3 Å². The van der Waals surface area contributed by atoms with Gasteiger partial charge in [-0.15, -0.1) is 0 Å². The number of alkyl halides is 3. The number of rotatable bonds is 5. The minimum Gasteiger partial charge on any atom is -0.366 e. The van der Waals surface area contributed by atoms with Gasteiger partial charge in [0, 0.05) is 38.3 Å². The number of carbonyl (C=O) groups excluding carboxylic acids is 1. The molecule has 1 amide bonds. The lowest BCUT2D eigenvalue weighted by Crippen LogP contribution is -2.49. The van der Waals surface area contributed by atoms with E-state index < -0.39 is 12.3 Å². The molecular formula is C16H21F3N2O2. The van der Waals surface area contributed by atoms with Crippen LogP contribution in [0.3, 0.4) is 0 Å². The summed E-state index contributed by atoms with van der Waals surface area (Å²) in [5.74, 6) is -0.0891. The molecule has 2 rings (SSSR count). The standard InChI is InChI=1S/C16H21F3N2O2/c1-2-21(13-6-4-3-5-7-13)15(22)8-9-20-10-11-23-14(12-20)16(17,18)19/h3-7,14H,2,8-12H2,1H3. The van der Waals surface area contributed by atoms with E-state index in [0.717, 1.165) is 5.69 Å². The molecule has 1 aromatic carbocycles. The number of anilines is 1. The Morgan fingerprint density at radius 2 is 2.04 bits per heavy atom. The monoisotopic (exact) mass is 330 g/mol. The minimum atomic E-state index is -4.36. The van der Waals surface area contributed by atoms with Gasteiger partial charge in [0.25, 0.3) is 0 Å². The fourth-order valence-corrected chi connectivity index (χ4v) is 2.60. The normalized spacial score (nSPS) is 19.6. The van der Waals surface area contributed by atoms with Crippen molar-refractivity contribution in [2.75, 3.05) is 37.7 Å². The average Bonchev–Trinajstić information content (AvgIpc) is 2.54. The van der Waals surface area contributed by atoms with Gasteiger partial charge in [-0.2, -0.15) is 13.2 Å². The number of benzene rings is 1. The lowest BCUT2D eigenvalue weighted by molar-refractivity contribution is -0.237. The van der Waals surface area contributed by atoms with Crippen molar-refractivity contribution < 1.29 is 22.7 Å². The number of morpholine rings is 1. The summed E-state index contributed by atoms with van der Waals surface area (Å²) in [6.07, 6.45) is -5.93. The van der Waals surface area contributed by atoms with Crippen LogP contribution in [0.2, 0.25) is 0 Å². The Morgan fingerprint density at radius 3 is 2.65 bits per heavy atom. The maximum Gasteiger partial charge on any atom is 0.415 e. The Labute approximate surface area is 133 Å². The summed E-state index contributed by atoms with van der Waals surface area (Å²) >= 11 is 0. The summed E-state index contributed by atoms with van der Waals surface area (Å²) in [5.41, 5.74) is 0.801. The molecule has 1 aliphatic heterocycles. The van der Waals surface area contributed by atoms with Crippen LogP contribution in [0, 0.1) is 0 Å². The summed E-state index contributed by atoms with van der Waals surface area (Å²) in [7, 11) is 0. The summed E-state index contributed by atoms with van der Waals surface area (Å²) in [6, 6.07) is 9.25. The molecule has 128 valence electrons. The lowest BCUT2D eigenvalue weighted by Gasteiger charge is -2.34. The minimum absolute atomic E-state index is 0.0363. The smallest absolute Gasteiger partial charge is 0.366 e. The Kier molecular flexibility index (Phi) is 6.01. The summed E-state index contributed by atoms with van der Waals surface area (Å²) in [4.78, 5) is 15.6. The molecule has 23 heavy (non-hydrogen) atoms. The van der Waals surface area contributed by atoms with E-state index >= 15 is 0 Å². The van der Waals surface area contributed by atoms with Gasteiger partial charge in [0.1, 0.15) is 0 Å². The van der Waals surface area contributed by atoms with E-state index in [-0.39, 0.29) is 25.5 Å². The Hall–Kier alpha value is -1.60. The molecule has 1 unspecified atom stereocenters. The molecule has 1 aromatic rings. The second-order valence-corrected chi connectivity index (χ2v) is 5.43. The predicted octanol–water partition coefficient (Wildman–Crippen LogP) is 2.69. The average molecular weight is 330 g/mol. The van der Waals surface area contributed by atoms with E-state index in [1.807, 2.05) is 37.3 Å². The molecule has 0 spiro atoms. The molecule has 0 radical (unpaired) electrons. The highest BCUT2D eigenvalue weighted by Gasteiger charge is 2.43. The zero-order chi connectivity index (χ0) is 16.9. The fourth-order valence-electron chi connectivity index (χ4n) is 2.60. The van der Waals surface area contributed by atoms with Crippen molar-refractivity contribution in [1.29, 1.82) is 0 Å². The maximum atomic E-state index is 12.7. The number of amides is 1. The molecule has 0 saturated carbocycles. The molecule has 7 heteroatoms. The molecule has 1 fully saturated rings. The van der Waals surface area contributed by atoms with Crippen molar-refractivity contribution in [3.8, 4) is 0 Å². The molecule has 1 heterocycles. The van der Waals surface area contributed by atoms with Crippen LogP contribution in [0.25, 0.3) is 0 Å². The Bertz CT molecular complexity index is 508. The van der Waals surface area contributed by atoms with E-state index in [9.17, 15) is 18.0 Å². The molecule has 0 aliphatic carbocycles. The lowest BCUT2D eigenvalue weighted by atomic mass is 10.2. The van der Waals surface area contributed by atoms with Gasteiger partial charge >= 0.3 is 6.18 Å².